The molecule has 158 valence electrons. The molecule has 1 spiro atoms. The van der Waals surface area contributed by atoms with Gasteiger partial charge in [0.2, 0.25) is 0 Å². The topological polar surface area (TPSA) is 76.1 Å². The predicted molar refractivity (Wildman–Crippen MR) is 105 cm³/mol. The predicted octanol–water partition coefficient (Wildman–Crippen LogP) is 3.33. The molecule has 4 saturated carbocycles. The highest BCUT2D eigenvalue weighted by atomic mass is 16.6. The third-order valence-corrected chi connectivity index (χ3v) is 10.4. The van der Waals surface area contributed by atoms with Crippen molar-refractivity contribution in [1.82, 2.24) is 0 Å². The van der Waals surface area contributed by atoms with Gasteiger partial charge in [-0.3, -0.25) is 9.59 Å². The quantitative estimate of drug-likeness (QED) is 0.447. The average molecular weight is 401 g/mol. The summed E-state index contributed by atoms with van der Waals surface area (Å²) in [6.45, 7) is 4.62. The average Bonchev–Trinajstić information content (AvgIpc) is 3.58. The normalized spacial score (nSPS) is 54.0. The number of esters is 1. The van der Waals surface area contributed by atoms with Gasteiger partial charge in [-0.15, -0.1) is 0 Å². The van der Waals surface area contributed by atoms with Gasteiger partial charge in [0.25, 0.3) is 0 Å². The van der Waals surface area contributed by atoms with Crippen LogP contribution in [-0.4, -0.2) is 41.3 Å². The van der Waals surface area contributed by atoms with Crippen LogP contribution in [0.25, 0.3) is 0 Å². The third kappa shape index (κ3) is 2.00. The molecule has 0 radical (unpaired) electrons. The van der Waals surface area contributed by atoms with E-state index in [4.69, 9.17) is 9.47 Å². The number of ketones is 1. The summed E-state index contributed by atoms with van der Waals surface area (Å²) in [6, 6.07) is 0. The van der Waals surface area contributed by atoms with Gasteiger partial charge in [0.05, 0.1) is 18.8 Å². The van der Waals surface area contributed by atoms with Crippen LogP contribution in [0.4, 0.5) is 0 Å². The van der Waals surface area contributed by atoms with Crippen molar-refractivity contribution >= 4 is 11.8 Å². The Morgan fingerprint density at radius 2 is 2.10 bits per heavy atom. The SMILES string of the molecule is COC(=O)CC[C@]1(O)CC[C@H]2[C@@H]3[C@H]4CC4=C4CC(=O)CC[C@]4(C)C34OC4C[C@@]21C. The third-order valence-electron chi connectivity index (χ3n) is 10.4. The van der Waals surface area contributed by atoms with Crippen LogP contribution < -0.4 is 0 Å². The highest BCUT2D eigenvalue weighted by molar-refractivity contribution is 5.84. The fraction of sp³-hybridized carbons (Fsp3) is 0.833. The van der Waals surface area contributed by atoms with Gasteiger partial charge in [-0.1, -0.05) is 25.0 Å². The summed E-state index contributed by atoms with van der Waals surface area (Å²) in [6.07, 6.45) is 6.90. The fourth-order valence-corrected chi connectivity index (χ4v) is 8.68. The summed E-state index contributed by atoms with van der Waals surface area (Å²) in [5.41, 5.74) is 1.78. The second kappa shape index (κ2) is 5.34. The number of hydrogen-bond acceptors (Lipinski definition) is 5. The number of ether oxygens (including phenoxy) is 2. The Morgan fingerprint density at radius 1 is 1.31 bits per heavy atom. The van der Waals surface area contributed by atoms with Gasteiger partial charge in [-0.25, -0.2) is 0 Å². The molecule has 1 heterocycles. The van der Waals surface area contributed by atoms with E-state index in [-0.39, 0.29) is 34.9 Å². The first kappa shape index (κ1) is 18.6. The fourth-order valence-electron chi connectivity index (χ4n) is 8.68. The molecule has 6 rings (SSSR count). The van der Waals surface area contributed by atoms with Crippen LogP contribution in [0.3, 0.4) is 0 Å². The zero-order chi connectivity index (χ0) is 20.4. The molecule has 5 fully saturated rings. The van der Waals surface area contributed by atoms with E-state index in [0.717, 1.165) is 32.1 Å². The molecule has 1 saturated heterocycles. The van der Waals surface area contributed by atoms with Gasteiger partial charge in [0.1, 0.15) is 11.4 Å². The molecule has 1 aliphatic heterocycles. The molecule has 0 bridgehead atoms. The van der Waals surface area contributed by atoms with Crippen molar-refractivity contribution in [1.29, 1.82) is 0 Å². The lowest BCUT2D eigenvalue weighted by Gasteiger charge is -2.56. The Bertz CT molecular complexity index is 861. The molecule has 6 aliphatic rings. The van der Waals surface area contributed by atoms with Crippen molar-refractivity contribution in [3.05, 3.63) is 11.1 Å². The number of epoxide rings is 1. The first-order valence-corrected chi connectivity index (χ1v) is 11.4. The number of methoxy groups -OCH3 is 1. The molecule has 8 atom stereocenters. The van der Waals surface area contributed by atoms with Crippen LogP contribution in [0.5, 0.6) is 0 Å². The van der Waals surface area contributed by atoms with E-state index in [1.807, 2.05) is 0 Å². The lowest BCUT2D eigenvalue weighted by molar-refractivity contribution is -0.146. The number of aliphatic hydroxyl groups is 1. The number of allylic oxidation sites excluding steroid dienone is 1. The number of hydrogen-bond donors (Lipinski definition) is 1. The summed E-state index contributed by atoms with van der Waals surface area (Å²) in [7, 11) is 1.41. The van der Waals surface area contributed by atoms with E-state index in [9.17, 15) is 14.7 Å². The minimum Gasteiger partial charge on any atom is -0.469 e. The van der Waals surface area contributed by atoms with Gasteiger partial charge < -0.3 is 14.6 Å². The molecule has 0 aromatic heterocycles. The van der Waals surface area contributed by atoms with Crippen molar-refractivity contribution in [2.24, 2.45) is 28.6 Å². The van der Waals surface area contributed by atoms with Gasteiger partial charge in [-0.05, 0) is 50.4 Å². The summed E-state index contributed by atoms with van der Waals surface area (Å²) in [5.74, 6) is 1.56. The molecule has 5 nitrogen and oxygen atoms in total. The van der Waals surface area contributed by atoms with E-state index >= 15 is 0 Å². The Labute approximate surface area is 172 Å². The zero-order valence-corrected chi connectivity index (χ0v) is 17.8. The molecule has 1 N–H and O–H groups in total. The second-order valence-corrected chi connectivity index (χ2v) is 11.2. The van der Waals surface area contributed by atoms with Crippen LogP contribution in [0.1, 0.15) is 71.6 Å². The number of Topliss-reactive ketones (excluding diaryl/α,β-unsaturated/α-hetero) is 1. The maximum atomic E-state index is 12.2. The second-order valence-electron chi connectivity index (χ2n) is 11.2. The molecule has 0 aromatic carbocycles. The Morgan fingerprint density at radius 3 is 2.86 bits per heavy atom. The van der Waals surface area contributed by atoms with Crippen molar-refractivity contribution in [2.75, 3.05) is 7.11 Å². The highest BCUT2D eigenvalue weighted by Gasteiger charge is 2.83. The number of carbonyl (C=O) groups is 2. The largest absolute Gasteiger partial charge is 0.469 e. The molecule has 0 aromatic rings. The van der Waals surface area contributed by atoms with Crippen LogP contribution in [-0.2, 0) is 19.1 Å². The van der Waals surface area contributed by atoms with Crippen LogP contribution in [0.2, 0.25) is 0 Å². The zero-order valence-electron chi connectivity index (χ0n) is 17.8. The summed E-state index contributed by atoms with van der Waals surface area (Å²) < 4.78 is 11.5. The number of carbonyl (C=O) groups excluding carboxylic acids is 2. The lowest BCUT2D eigenvalue weighted by Crippen LogP contribution is -2.60. The maximum Gasteiger partial charge on any atom is 0.305 e. The Balaban J connectivity index is 1.38. The summed E-state index contributed by atoms with van der Waals surface area (Å²) >= 11 is 0. The Hall–Kier alpha value is -1.20. The maximum absolute atomic E-state index is 12.2. The molecule has 2 unspecified atom stereocenters. The first-order valence-electron chi connectivity index (χ1n) is 11.4. The molecular weight excluding hydrogens is 368 g/mol. The Kier molecular flexibility index (Phi) is 3.42. The van der Waals surface area contributed by atoms with Crippen LogP contribution in [0.15, 0.2) is 11.1 Å². The smallest absolute Gasteiger partial charge is 0.305 e. The van der Waals surface area contributed by atoms with E-state index in [2.05, 4.69) is 13.8 Å². The summed E-state index contributed by atoms with van der Waals surface area (Å²) in [5, 5.41) is 11.7. The van der Waals surface area contributed by atoms with Crippen molar-refractivity contribution in [3.8, 4) is 0 Å². The molecule has 0 amide bonds. The van der Waals surface area contributed by atoms with Crippen LogP contribution >= 0.6 is 0 Å². The van der Waals surface area contributed by atoms with E-state index in [0.29, 0.717) is 42.8 Å². The molecular formula is C24H32O5. The van der Waals surface area contributed by atoms with Gasteiger partial charge in [0, 0.05) is 36.0 Å². The molecule has 5 heteroatoms. The van der Waals surface area contributed by atoms with E-state index in [1.54, 1.807) is 5.57 Å². The standard InChI is InChI=1S/C24H32O5/c1-21-7-4-13(25)10-17(21)14-11-15(14)20-16-5-8-23(27,9-6-19(26)28-3)22(16,2)12-18-24(20,21)29-18/h15-16,18,20,27H,4-12H2,1-3H3/t15-,16-,18?,20-,21-,22-,23+,24?/m0/s1. The van der Waals surface area contributed by atoms with Gasteiger partial charge in [-0.2, -0.15) is 0 Å². The molecule has 29 heavy (non-hydrogen) atoms. The molecule has 5 aliphatic carbocycles. The lowest BCUT2D eigenvalue weighted by atomic mass is 9.46. The van der Waals surface area contributed by atoms with Crippen LogP contribution in [0, 0.1) is 28.6 Å². The first-order chi connectivity index (χ1) is 13.7. The van der Waals surface area contributed by atoms with E-state index < -0.39 is 5.60 Å². The highest BCUT2D eigenvalue weighted by Crippen LogP contribution is 2.81. The van der Waals surface area contributed by atoms with E-state index in [1.165, 1.54) is 12.7 Å². The van der Waals surface area contributed by atoms with Crippen molar-refractivity contribution in [2.45, 2.75) is 88.9 Å². The monoisotopic (exact) mass is 400 g/mol. The minimum atomic E-state index is -0.827. The van der Waals surface area contributed by atoms with Crippen molar-refractivity contribution in [3.63, 3.8) is 0 Å². The number of fused-ring (bicyclic) bond motifs is 5. The summed E-state index contributed by atoms with van der Waals surface area (Å²) in [4.78, 5) is 24.0. The van der Waals surface area contributed by atoms with Gasteiger partial charge >= 0.3 is 5.97 Å². The minimum absolute atomic E-state index is 0.00731. The van der Waals surface area contributed by atoms with Crippen molar-refractivity contribution < 1.29 is 24.2 Å². The van der Waals surface area contributed by atoms with Gasteiger partial charge in [0.15, 0.2) is 0 Å². The number of rotatable bonds is 3.